The van der Waals surface area contributed by atoms with E-state index in [9.17, 15) is 20.8 Å². The molecule has 0 fully saturated rings. The zero-order valence-corrected chi connectivity index (χ0v) is 27.6. The number of rotatable bonds is 21. The van der Waals surface area contributed by atoms with Gasteiger partial charge in [0, 0.05) is 16.5 Å². The minimum atomic E-state index is -11.1. The Hall–Kier alpha value is -1.27. The van der Waals surface area contributed by atoms with Gasteiger partial charge in [-0.25, -0.2) is 0 Å². The second-order valence-electron chi connectivity index (χ2n) is 10.8. The van der Waals surface area contributed by atoms with Gasteiger partial charge in [0.1, 0.15) is 17.8 Å². The van der Waals surface area contributed by atoms with Crippen LogP contribution in [0, 0.1) is 0 Å². The molecule has 2 rings (SSSR count). The van der Waals surface area contributed by atoms with Gasteiger partial charge in [-0.3, -0.25) is 0 Å². The van der Waals surface area contributed by atoms with Crippen LogP contribution in [0.3, 0.4) is 0 Å². The van der Waals surface area contributed by atoms with Gasteiger partial charge < -0.3 is 4.74 Å². The van der Waals surface area contributed by atoms with E-state index in [2.05, 4.69) is 67.8 Å². The molecule has 0 radical (unpaired) electrons. The number of unbranched alkanes of at least 4 members (excludes halogenated alkanes) is 15. The van der Waals surface area contributed by atoms with Crippen molar-refractivity contribution in [3.8, 4) is 5.75 Å². The van der Waals surface area contributed by atoms with Crippen LogP contribution < -0.4 is 4.74 Å². The molecule has 1 unspecified atom stereocenters. The van der Waals surface area contributed by atoms with Crippen LogP contribution in [0.2, 0.25) is 0 Å². The van der Waals surface area contributed by atoms with Gasteiger partial charge in [0.05, 0.1) is 6.61 Å². The Bertz CT molecular complexity index is 896. The van der Waals surface area contributed by atoms with Gasteiger partial charge in [-0.2, -0.15) is 0 Å². The summed E-state index contributed by atoms with van der Waals surface area (Å²) in [7, 11) is 0.233. The van der Waals surface area contributed by atoms with Gasteiger partial charge in [0.2, 0.25) is 0 Å². The second-order valence-corrected chi connectivity index (χ2v) is 16.9. The van der Waals surface area contributed by atoms with Crippen molar-refractivity contribution >= 4 is 25.1 Å². The number of halogens is 6. The van der Waals surface area contributed by atoms with E-state index in [0.29, 0.717) is 0 Å². The van der Waals surface area contributed by atoms with Crippen molar-refractivity contribution < 1.29 is 25.5 Å². The van der Waals surface area contributed by atoms with E-state index in [1.54, 1.807) is 0 Å². The zero-order chi connectivity index (χ0) is 30.5. The zero-order valence-electron chi connectivity index (χ0n) is 25.0. The molecule has 238 valence electrons. The van der Waals surface area contributed by atoms with Crippen molar-refractivity contribution in [3.05, 3.63) is 60.2 Å². The van der Waals surface area contributed by atoms with E-state index in [0.717, 1.165) is 18.1 Å². The number of hydrogen-bond acceptors (Lipinski definition) is 1. The van der Waals surface area contributed by atoms with Crippen LogP contribution in [0.25, 0.3) is 0 Å². The third-order valence-electron chi connectivity index (χ3n) is 6.72. The predicted molar refractivity (Wildman–Crippen MR) is 166 cm³/mol. The van der Waals surface area contributed by atoms with Gasteiger partial charge in [0.15, 0.2) is 4.90 Å². The van der Waals surface area contributed by atoms with E-state index in [1.807, 2.05) is 0 Å². The summed E-state index contributed by atoms with van der Waals surface area (Å²) in [6, 6.07) is 19.6. The molecule has 0 spiro atoms. The first-order chi connectivity index (χ1) is 19.2. The minimum absolute atomic E-state index is 0.233. The fourth-order valence-electron chi connectivity index (χ4n) is 4.52. The Morgan fingerprint density at radius 2 is 0.951 bits per heavy atom. The third-order valence-corrected chi connectivity index (χ3v) is 8.56. The molecule has 0 aliphatic rings. The molecule has 2 aromatic rings. The topological polar surface area (TPSA) is 9.23 Å². The Kier molecular flexibility index (Phi) is 17.6. The number of ether oxygens (including phenoxy) is 1. The molecule has 1 nitrogen and oxygen atoms in total. The van der Waals surface area contributed by atoms with Gasteiger partial charge in [-0.1, -0.05) is 134 Å². The van der Waals surface area contributed by atoms with Crippen LogP contribution >= 0.6 is 0 Å². The molecule has 0 heterocycles. The molecule has 0 aliphatic carbocycles. The van der Waals surface area contributed by atoms with E-state index in [-0.39, 0.29) is 10.9 Å². The summed E-state index contributed by atoms with van der Waals surface area (Å²) in [5.41, 5.74) is 1.41. The molecule has 0 bridgehead atoms. The summed E-state index contributed by atoms with van der Waals surface area (Å²) in [5, 5.41) is 0. The van der Waals surface area contributed by atoms with E-state index >= 15 is 0 Å². The van der Waals surface area contributed by atoms with Crippen LogP contribution in [0.15, 0.2) is 59.5 Å². The normalized spacial score (nSPS) is 14.0. The maximum absolute atomic E-state index is 11.1. The summed E-state index contributed by atoms with van der Waals surface area (Å²) in [5.74, 6) is 2.13. The molecular weight excluding hydrogens is 621 g/mol. The maximum atomic E-state index is 9.91. The van der Waals surface area contributed by atoms with Crippen molar-refractivity contribution in [2.45, 2.75) is 120 Å². The molecule has 2 aromatic carbocycles. The van der Waals surface area contributed by atoms with Crippen LogP contribution in [0.5, 0.6) is 5.75 Å². The van der Waals surface area contributed by atoms with Crippen LogP contribution in [-0.4, -0.2) is 27.0 Å². The Balaban J connectivity index is 0.00000106. The Labute approximate surface area is 249 Å². The van der Waals surface area contributed by atoms with E-state index in [4.69, 9.17) is 4.74 Å². The molecule has 1 atom stereocenters. The second kappa shape index (κ2) is 19.1. The molecule has 0 saturated carbocycles. The van der Waals surface area contributed by atoms with Crippen molar-refractivity contribution in [2.75, 3.05) is 12.9 Å². The SMILES string of the molecule is CCCCCCCCCCCCCCCCCCOc1ccc([S+](C)Cc2ccccc2)cc1.F[As-](F)(F)(F)(F)F. The van der Waals surface area contributed by atoms with Crippen molar-refractivity contribution in [1.29, 1.82) is 0 Å². The van der Waals surface area contributed by atoms with Crippen LogP contribution in [-0.2, 0) is 16.6 Å². The molecular formula is C32H51AsF6OS. The molecule has 0 aliphatic heterocycles. The average Bonchev–Trinajstić information content (AvgIpc) is 2.89. The first-order valence-corrected chi connectivity index (χ1v) is 21.3. The first-order valence-electron chi connectivity index (χ1n) is 15.2. The van der Waals surface area contributed by atoms with Gasteiger partial charge in [-0.15, -0.1) is 0 Å². The molecule has 0 saturated heterocycles. The van der Waals surface area contributed by atoms with Crippen molar-refractivity contribution in [2.24, 2.45) is 0 Å². The summed E-state index contributed by atoms with van der Waals surface area (Å²) in [6.45, 7) is 3.14. The molecule has 41 heavy (non-hydrogen) atoms. The number of hydrogen-bond donors (Lipinski definition) is 0. The first kappa shape index (κ1) is 37.8. The fraction of sp³-hybridized carbons (Fsp3) is 0.625. The Morgan fingerprint density at radius 1 is 0.561 bits per heavy atom. The standard InChI is InChI=1S/C32H51OS.AsF6/c1-3-4-5-6-7-8-9-10-11-12-13-14-15-16-17-21-28-33-31-24-26-32(27-25-31)34(2)29-30-22-19-18-20-23-30;2-1(3,4,5,6)7/h18-20,22-27H,3-17,21,28-29H2,1-2H3;/q+1;-1. The number of benzene rings is 2. The predicted octanol–water partition coefficient (Wildman–Crippen LogP) is 12.3. The summed E-state index contributed by atoms with van der Waals surface area (Å²) in [4.78, 5) is 1.42. The molecule has 0 amide bonds. The summed E-state index contributed by atoms with van der Waals surface area (Å²) < 4.78 is 65.4. The van der Waals surface area contributed by atoms with Gasteiger partial charge >= 0.3 is 35.0 Å². The van der Waals surface area contributed by atoms with E-state index in [1.165, 1.54) is 113 Å². The third kappa shape index (κ3) is 27.3. The quantitative estimate of drug-likeness (QED) is 0.0555. The molecule has 0 N–H and O–H groups in total. The van der Waals surface area contributed by atoms with Gasteiger partial charge in [0.25, 0.3) is 0 Å². The summed E-state index contributed by atoms with van der Waals surface area (Å²) in [6.07, 6.45) is 24.8. The Morgan fingerprint density at radius 3 is 1.37 bits per heavy atom. The molecule has 9 heteroatoms. The average molecular weight is 673 g/mol. The summed E-state index contributed by atoms with van der Waals surface area (Å²) >= 11 is -11.1. The molecule has 0 aromatic heterocycles. The van der Waals surface area contributed by atoms with Crippen molar-refractivity contribution in [1.82, 2.24) is 0 Å². The van der Waals surface area contributed by atoms with Crippen LogP contribution in [0.1, 0.15) is 115 Å². The van der Waals surface area contributed by atoms with Crippen LogP contribution in [0.4, 0.5) is 20.8 Å². The fourth-order valence-corrected chi connectivity index (χ4v) is 5.98. The monoisotopic (exact) mass is 672 g/mol. The van der Waals surface area contributed by atoms with E-state index < -0.39 is 14.2 Å². The van der Waals surface area contributed by atoms with Crippen molar-refractivity contribution in [3.63, 3.8) is 0 Å². The van der Waals surface area contributed by atoms with Gasteiger partial charge in [-0.05, 0) is 30.7 Å².